The van der Waals surface area contributed by atoms with Crippen LogP contribution in [0.5, 0.6) is 0 Å². The summed E-state index contributed by atoms with van der Waals surface area (Å²) in [5.41, 5.74) is 2.74. The third-order valence-corrected chi connectivity index (χ3v) is 4.02. The van der Waals surface area contributed by atoms with Crippen LogP contribution >= 0.6 is 11.3 Å². The molecule has 96 valence electrons. The fourth-order valence-electron chi connectivity index (χ4n) is 2.01. The minimum Gasteiger partial charge on any atom is -0.317 e. The second-order valence-corrected chi connectivity index (χ2v) is 5.62. The highest BCUT2D eigenvalue weighted by Crippen LogP contribution is 2.12. The lowest BCUT2D eigenvalue weighted by molar-refractivity contribution is 0.519. The zero-order valence-corrected chi connectivity index (χ0v) is 11.8. The standard InChI is InChI=1S/C15H20N2S/c1-12-3-5-13(6-4-12)7-8-14(16-2)11-15-17-9-10-18-15/h3-6,9-10,14,16H,7-8,11H2,1-2H3. The number of nitrogens with zero attached hydrogens (tertiary/aromatic N) is 1. The highest BCUT2D eigenvalue weighted by Gasteiger charge is 2.09. The second-order valence-electron chi connectivity index (χ2n) is 4.64. The van der Waals surface area contributed by atoms with Crippen LogP contribution in [0, 0.1) is 6.92 Å². The molecule has 1 aromatic carbocycles. The minimum absolute atomic E-state index is 0.512. The first-order valence-corrected chi connectivity index (χ1v) is 7.27. The van der Waals surface area contributed by atoms with E-state index in [0.29, 0.717) is 6.04 Å². The Hall–Kier alpha value is -1.19. The number of rotatable bonds is 6. The van der Waals surface area contributed by atoms with E-state index < -0.39 is 0 Å². The first-order valence-electron chi connectivity index (χ1n) is 6.39. The molecular formula is C15H20N2S. The van der Waals surface area contributed by atoms with Crippen molar-refractivity contribution in [3.05, 3.63) is 52.0 Å². The Morgan fingerprint density at radius 1 is 1.28 bits per heavy atom. The lowest BCUT2D eigenvalue weighted by Crippen LogP contribution is -2.28. The summed E-state index contributed by atoms with van der Waals surface area (Å²) in [4.78, 5) is 4.35. The van der Waals surface area contributed by atoms with Gasteiger partial charge in [-0.2, -0.15) is 0 Å². The van der Waals surface area contributed by atoms with Crippen molar-refractivity contribution >= 4 is 11.3 Å². The Bertz CT molecular complexity index is 448. The van der Waals surface area contributed by atoms with Crippen molar-refractivity contribution in [1.29, 1.82) is 0 Å². The van der Waals surface area contributed by atoms with Gasteiger partial charge in [0.1, 0.15) is 0 Å². The van der Waals surface area contributed by atoms with Gasteiger partial charge in [0, 0.05) is 24.0 Å². The van der Waals surface area contributed by atoms with Gasteiger partial charge in [0.25, 0.3) is 0 Å². The summed E-state index contributed by atoms with van der Waals surface area (Å²) in [5.74, 6) is 0. The first kappa shape index (κ1) is 13.2. The number of nitrogens with one attached hydrogen (secondary N) is 1. The number of aromatic nitrogens is 1. The monoisotopic (exact) mass is 260 g/mol. The molecule has 1 heterocycles. The van der Waals surface area contributed by atoms with Crippen LogP contribution in [0.25, 0.3) is 0 Å². The van der Waals surface area contributed by atoms with Crippen LogP contribution in [0.2, 0.25) is 0 Å². The predicted octanol–water partition coefficient (Wildman–Crippen LogP) is 3.21. The molecule has 1 unspecified atom stereocenters. The van der Waals surface area contributed by atoms with Crippen molar-refractivity contribution < 1.29 is 0 Å². The maximum atomic E-state index is 4.35. The van der Waals surface area contributed by atoms with Crippen LogP contribution < -0.4 is 5.32 Å². The van der Waals surface area contributed by atoms with Crippen molar-refractivity contribution in [2.75, 3.05) is 7.05 Å². The SMILES string of the molecule is CNC(CCc1ccc(C)cc1)Cc1nccs1. The fourth-order valence-corrected chi connectivity index (χ4v) is 2.71. The molecule has 0 saturated carbocycles. The Labute approximate surface area is 113 Å². The zero-order valence-electron chi connectivity index (χ0n) is 11.0. The average molecular weight is 260 g/mol. The van der Waals surface area contributed by atoms with Gasteiger partial charge in [-0.05, 0) is 32.4 Å². The van der Waals surface area contributed by atoms with Crippen LogP contribution in [0.3, 0.4) is 0 Å². The Kier molecular flexibility index (Phi) is 4.90. The van der Waals surface area contributed by atoms with Gasteiger partial charge in [-0.15, -0.1) is 11.3 Å². The first-order chi connectivity index (χ1) is 8.78. The van der Waals surface area contributed by atoms with Gasteiger partial charge in [-0.1, -0.05) is 29.8 Å². The second kappa shape index (κ2) is 6.66. The van der Waals surface area contributed by atoms with E-state index >= 15 is 0 Å². The molecule has 18 heavy (non-hydrogen) atoms. The average Bonchev–Trinajstić information content (AvgIpc) is 2.89. The van der Waals surface area contributed by atoms with Crippen molar-refractivity contribution in [2.45, 2.75) is 32.2 Å². The maximum absolute atomic E-state index is 4.35. The van der Waals surface area contributed by atoms with E-state index in [1.165, 1.54) is 16.1 Å². The molecule has 0 spiro atoms. The Morgan fingerprint density at radius 3 is 2.67 bits per heavy atom. The van der Waals surface area contributed by atoms with Crippen LogP contribution in [0.1, 0.15) is 22.6 Å². The molecule has 2 rings (SSSR count). The van der Waals surface area contributed by atoms with Gasteiger partial charge in [0.2, 0.25) is 0 Å². The van der Waals surface area contributed by atoms with E-state index in [0.717, 1.165) is 19.3 Å². The molecule has 0 radical (unpaired) electrons. The summed E-state index contributed by atoms with van der Waals surface area (Å²) in [5, 5.41) is 6.65. The smallest absolute Gasteiger partial charge is 0.0940 e. The number of hydrogen-bond acceptors (Lipinski definition) is 3. The van der Waals surface area contributed by atoms with E-state index in [1.54, 1.807) is 11.3 Å². The van der Waals surface area contributed by atoms with Crippen molar-refractivity contribution in [1.82, 2.24) is 10.3 Å². The van der Waals surface area contributed by atoms with Gasteiger partial charge >= 0.3 is 0 Å². The van der Waals surface area contributed by atoms with E-state index in [9.17, 15) is 0 Å². The molecule has 0 amide bonds. The lowest BCUT2D eigenvalue weighted by Gasteiger charge is -2.14. The minimum atomic E-state index is 0.512. The lowest BCUT2D eigenvalue weighted by atomic mass is 10.0. The van der Waals surface area contributed by atoms with Crippen molar-refractivity contribution in [3.63, 3.8) is 0 Å². The molecule has 3 heteroatoms. The summed E-state index contributed by atoms with van der Waals surface area (Å²) in [6.45, 7) is 2.13. The molecule has 1 N–H and O–H groups in total. The maximum Gasteiger partial charge on any atom is 0.0940 e. The Morgan fingerprint density at radius 2 is 2.06 bits per heavy atom. The summed E-state index contributed by atoms with van der Waals surface area (Å²) in [6, 6.07) is 9.34. The number of thiazole rings is 1. The molecule has 0 aliphatic heterocycles. The molecule has 0 aliphatic rings. The molecule has 0 fully saturated rings. The number of aryl methyl sites for hydroxylation is 2. The molecule has 2 aromatic rings. The molecular weight excluding hydrogens is 240 g/mol. The summed E-state index contributed by atoms with van der Waals surface area (Å²) < 4.78 is 0. The summed E-state index contributed by atoms with van der Waals surface area (Å²) in [6.07, 6.45) is 5.18. The highest BCUT2D eigenvalue weighted by molar-refractivity contribution is 7.09. The van der Waals surface area contributed by atoms with E-state index in [-0.39, 0.29) is 0 Å². The van der Waals surface area contributed by atoms with Gasteiger partial charge < -0.3 is 5.32 Å². The molecule has 1 aromatic heterocycles. The molecule has 1 atom stereocenters. The molecule has 0 aliphatic carbocycles. The molecule has 0 saturated heterocycles. The normalized spacial score (nSPS) is 12.6. The van der Waals surface area contributed by atoms with E-state index in [1.807, 2.05) is 18.6 Å². The van der Waals surface area contributed by atoms with Crippen LogP contribution in [-0.4, -0.2) is 18.1 Å². The van der Waals surface area contributed by atoms with Crippen LogP contribution in [-0.2, 0) is 12.8 Å². The number of benzene rings is 1. The third-order valence-electron chi connectivity index (χ3n) is 3.21. The quantitative estimate of drug-likeness (QED) is 0.862. The van der Waals surface area contributed by atoms with Gasteiger partial charge in [0.15, 0.2) is 0 Å². The highest BCUT2D eigenvalue weighted by atomic mass is 32.1. The van der Waals surface area contributed by atoms with Gasteiger partial charge in [-0.3, -0.25) is 0 Å². The van der Waals surface area contributed by atoms with Crippen LogP contribution in [0.15, 0.2) is 35.8 Å². The van der Waals surface area contributed by atoms with E-state index in [4.69, 9.17) is 0 Å². The molecule has 2 nitrogen and oxygen atoms in total. The van der Waals surface area contributed by atoms with Crippen LogP contribution in [0.4, 0.5) is 0 Å². The van der Waals surface area contributed by atoms with E-state index in [2.05, 4.69) is 41.5 Å². The fraction of sp³-hybridized carbons (Fsp3) is 0.400. The number of likely N-dealkylation sites (N-methyl/N-ethyl adjacent to an activating group) is 1. The third kappa shape index (κ3) is 3.93. The van der Waals surface area contributed by atoms with Gasteiger partial charge in [0.05, 0.1) is 5.01 Å². The molecule has 0 bridgehead atoms. The largest absolute Gasteiger partial charge is 0.317 e. The summed E-state index contributed by atoms with van der Waals surface area (Å²) >= 11 is 1.74. The Balaban J connectivity index is 1.85. The van der Waals surface area contributed by atoms with Crippen molar-refractivity contribution in [2.24, 2.45) is 0 Å². The van der Waals surface area contributed by atoms with Gasteiger partial charge in [-0.25, -0.2) is 4.98 Å². The predicted molar refractivity (Wildman–Crippen MR) is 78.2 cm³/mol. The zero-order chi connectivity index (χ0) is 12.8. The number of hydrogen-bond donors (Lipinski definition) is 1. The topological polar surface area (TPSA) is 24.9 Å². The summed E-state index contributed by atoms with van der Waals surface area (Å²) in [7, 11) is 2.04. The van der Waals surface area contributed by atoms with Crippen molar-refractivity contribution in [3.8, 4) is 0 Å².